The molecule has 0 aromatic rings. The molecule has 256 valence electrons. The zero-order valence-electron chi connectivity index (χ0n) is 27.7. The highest BCUT2D eigenvalue weighted by molar-refractivity contribution is 5.83. The van der Waals surface area contributed by atoms with Gasteiger partial charge < -0.3 is 30.9 Å². The van der Waals surface area contributed by atoms with Gasteiger partial charge in [-0.1, -0.05) is 112 Å². The molecule has 0 aromatic heterocycles. The second-order valence-electron chi connectivity index (χ2n) is 12.4. The van der Waals surface area contributed by atoms with Gasteiger partial charge in [-0.05, 0) is 57.9 Å². The van der Waals surface area contributed by atoms with E-state index < -0.39 is 12.1 Å². The molecular weight excluding hydrogens is 542 g/mol. The van der Waals surface area contributed by atoms with Gasteiger partial charge in [0.25, 0.3) is 5.91 Å². The molecule has 4 atom stereocenters. The minimum atomic E-state index is -0.818. The number of carbonyl (C=O) groups is 2. The predicted molar refractivity (Wildman–Crippen MR) is 180 cm³/mol. The highest BCUT2D eigenvalue weighted by atomic mass is 16.6. The molecule has 0 spiro atoms. The number of nitrogens with two attached hydrogens (primary N) is 1. The summed E-state index contributed by atoms with van der Waals surface area (Å²) >= 11 is 0. The Bertz CT molecular complexity index is 650. The summed E-state index contributed by atoms with van der Waals surface area (Å²) in [4.78, 5) is 21.6. The first-order valence-corrected chi connectivity index (χ1v) is 17.7. The molecule has 5 N–H and O–H groups in total. The monoisotopic (exact) mass is 614 g/mol. The number of aliphatic carboxylic acids is 1. The van der Waals surface area contributed by atoms with Gasteiger partial charge in [0.1, 0.15) is 0 Å². The van der Waals surface area contributed by atoms with Gasteiger partial charge in [0.05, 0.1) is 12.2 Å². The van der Waals surface area contributed by atoms with E-state index in [1.807, 2.05) is 0 Å². The number of carboxylic acids is 1. The normalized spacial score (nSPS) is 24.4. The van der Waals surface area contributed by atoms with Gasteiger partial charge >= 0.3 is 5.97 Å². The van der Waals surface area contributed by atoms with Crippen LogP contribution in [0.2, 0.25) is 0 Å². The molecule has 2 aliphatic carbocycles. The Morgan fingerprint density at radius 2 is 1.14 bits per heavy atom. The van der Waals surface area contributed by atoms with Crippen molar-refractivity contribution in [3.8, 4) is 0 Å². The van der Waals surface area contributed by atoms with E-state index in [9.17, 15) is 9.59 Å². The van der Waals surface area contributed by atoms with Crippen LogP contribution in [0.25, 0.3) is 0 Å². The number of unbranched alkanes of at least 4 members (excludes halogenated alkanes) is 4. The van der Waals surface area contributed by atoms with Crippen molar-refractivity contribution in [1.82, 2.24) is 10.6 Å². The van der Waals surface area contributed by atoms with Crippen LogP contribution in [0.1, 0.15) is 164 Å². The first kappa shape index (κ1) is 41.8. The Kier molecular flexibility index (Phi) is 26.4. The van der Waals surface area contributed by atoms with Crippen molar-refractivity contribution in [1.29, 1.82) is 0 Å². The maximum Gasteiger partial charge on any atom is 0.335 e. The summed E-state index contributed by atoms with van der Waals surface area (Å²) in [5, 5.41) is 15.1. The molecule has 4 rings (SSSR count). The fourth-order valence-electron chi connectivity index (χ4n) is 5.55. The minimum absolute atomic E-state index is 0. The lowest BCUT2D eigenvalue weighted by Gasteiger charge is -2.30. The van der Waals surface area contributed by atoms with Crippen molar-refractivity contribution in [3.05, 3.63) is 0 Å². The number of amides is 1. The van der Waals surface area contributed by atoms with Crippen LogP contribution >= 0.6 is 0 Å². The third kappa shape index (κ3) is 21.2. The molecule has 8 nitrogen and oxygen atoms in total. The Balaban J connectivity index is 0.000000570. The van der Waals surface area contributed by atoms with Crippen molar-refractivity contribution in [2.45, 2.75) is 200 Å². The van der Waals surface area contributed by atoms with E-state index in [2.05, 4.69) is 38.3 Å². The molecule has 4 aliphatic rings. The first-order valence-electron chi connectivity index (χ1n) is 17.7. The van der Waals surface area contributed by atoms with E-state index in [-0.39, 0.29) is 31.6 Å². The Hall–Kier alpha value is -1.22. The topological polar surface area (TPSA) is 130 Å². The number of nitrogens with one attached hydrogen (secondary N) is 2. The van der Waals surface area contributed by atoms with Gasteiger partial charge in [-0.3, -0.25) is 4.79 Å². The highest BCUT2D eigenvalue weighted by Crippen LogP contribution is 2.28. The van der Waals surface area contributed by atoms with E-state index >= 15 is 0 Å². The van der Waals surface area contributed by atoms with Crippen molar-refractivity contribution < 1.29 is 24.2 Å². The molecule has 1 amide bonds. The number of ether oxygens (including phenoxy) is 2. The predicted octanol–water partition coefficient (Wildman–Crippen LogP) is 7.51. The number of carboxylic acid groups (broad SMARTS) is 1. The molecule has 0 aromatic carbocycles. The second kappa shape index (κ2) is 27.1. The van der Waals surface area contributed by atoms with E-state index in [4.69, 9.17) is 20.3 Å². The van der Waals surface area contributed by atoms with Crippen LogP contribution in [0, 0.1) is 0 Å². The number of hydrogen-bond acceptors (Lipinski definition) is 6. The lowest BCUT2D eigenvalue weighted by atomic mass is 9.91. The molecule has 43 heavy (non-hydrogen) atoms. The van der Waals surface area contributed by atoms with Gasteiger partial charge in [0.15, 0.2) is 12.2 Å². The van der Waals surface area contributed by atoms with Gasteiger partial charge in [-0.25, -0.2) is 4.79 Å². The van der Waals surface area contributed by atoms with E-state index in [0.717, 1.165) is 70.1 Å². The maximum absolute atomic E-state index is 11.4. The van der Waals surface area contributed by atoms with E-state index in [1.165, 1.54) is 83.5 Å². The number of rotatable bonds is 15. The van der Waals surface area contributed by atoms with Gasteiger partial charge in [-0.2, -0.15) is 0 Å². The highest BCUT2D eigenvalue weighted by Gasteiger charge is 2.44. The molecule has 8 heteroatoms. The number of epoxide rings is 2. The first-order chi connectivity index (χ1) is 20.4. The average Bonchev–Trinajstić information content (AvgIpc) is 3.93. The lowest BCUT2D eigenvalue weighted by molar-refractivity contribution is -0.138. The minimum Gasteiger partial charge on any atom is -0.479 e. The lowest BCUT2D eigenvalue weighted by Crippen LogP contribution is -2.40. The fraction of sp³-hybridized carbons (Fsp3) is 0.943. The Labute approximate surface area is 265 Å². The number of carbonyl (C=O) groups excluding carboxylic acids is 1. The van der Waals surface area contributed by atoms with Gasteiger partial charge in [0, 0.05) is 18.6 Å². The summed E-state index contributed by atoms with van der Waals surface area (Å²) in [7, 11) is 0. The van der Waals surface area contributed by atoms with Gasteiger partial charge in [0.2, 0.25) is 0 Å². The smallest absolute Gasteiger partial charge is 0.335 e. The standard InChI is InChI=1S/C12H23N.C11H21NO2.C7H12O3.C4H11N.CH4/c1-3-7-11(8-4-1)13-12-9-5-2-6-10-12;1-3-5-7-9-10(14-9)11(13)12-8-6-4-2;1-2-3-4-5-6(10-5)7(8)9;1-2-3-4-5;/h11-13H,1-10H2;9-10H,3-8H2,1-2H3,(H,12,13);5-6H,2-4H2,1H3,(H,8,9);2-5H2,1H3;1H4/t;9-,10+;5-,6+;;/m.11../s1. The van der Waals surface area contributed by atoms with Crippen LogP contribution in [0.15, 0.2) is 0 Å². The molecule has 2 saturated heterocycles. The molecule has 2 saturated carbocycles. The van der Waals surface area contributed by atoms with E-state index in [1.54, 1.807) is 0 Å². The molecule has 2 aliphatic heterocycles. The van der Waals surface area contributed by atoms with Crippen molar-refractivity contribution in [3.63, 3.8) is 0 Å². The molecule has 2 heterocycles. The van der Waals surface area contributed by atoms with Crippen molar-refractivity contribution in [2.24, 2.45) is 5.73 Å². The molecule has 0 unspecified atom stereocenters. The van der Waals surface area contributed by atoms with Crippen LogP contribution < -0.4 is 16.4 Å². The Morgan fingerprint density at radius 1 is 0.698 bits per heavy atom. The molecular formula is C35H71N3O5. The quantitative estimate of drug-likeness (QED) is 0.111. The SMILES string of the molecule is C.C1CCC(NC2CCCCC2)CC1.CCCCN.CCCCNC(=O)[C@H]1O[C@@H]1CCCC.CCCC[C@H]1O[C@@H]1C(=O)O. The van der Waals surface area contributed by atoms with Crippen LogP contribution in [0.5, 0.6) is 0 Å². The molecule has 0 bridgehead atoms. The Morgan fingerprint density at radius 3 is 1.51 bits per heavy atom. The summed E-state index contributed by atoms with van der Waals surface area (Å²) < 4.78 is 10.2. The summed E-state index contributed by atoms with van der Waals surface area (Å²) in [6, 6.07) is 1.74. The number of hydrogen-bond donors (Lipinski definition) is 4. The van der Waals surface area contributed by atoms with Crippen molar-refractivity contribution in [2.75, 3.05) is 13.1 Å². The second-order valence-corrected chi connectivity index (χ2v) is 12.4. The van der Waals surface area contributed by atoms with Crippen molar-refractivity contribution >= 4 is 11.9 Å². The zero-order chi connectivity index (χ0) is 31.0. The largest absolute Gasteiger partial charge is 0.479 e. The van der Waals surface area contributed by atoms with Crippen LogP contribution in [-0.4, -0.2) is 66.6 Å². The van der Waals surface area contributed by atoms with Crippen LogP contribution in [-0.2, 0) is 19.1 Å². The molecule has 4 fully saturated rings. The maximum atomic E-state index is 11.4. The van der Waals surface area contributed by atoms with Gasteiger partial charge in [-0.15, -0.1) is 0 Å². The van der Waals surface area contributed by atoms with Crippen LogP contribution in [0.4, 0.5) is 0 Å². The molecule has 0 radical (unpaired) electrons. The van der Waals surface area contributed by atoms with E-state index in [0.29, 0.717) is 0 Å². The summed E-state index contributed by atoms with van der Waals surface area (Å²) in [6.07, 6.45) is 25.1. The zero-order valence-corrected chi connectivity index (χ0v) is 27.7. The summed E-state index contributed by atoms with van der Waals surface area (Å²) in [6.45, 7) is 10.1. The third-order valence-electron chi connectivity index (χ3n) is 8.42. The summed E-state index contributed by atoms with van der Waals surface area (Å²) in [5.41, 5.74) is 5.14. The summed E-state index contributed by atoms with van der Waals surface area (Å²) in [5.74, 6) is -0.736. The fourth-order valence-corrected chi connectivity index (χ4v) is 5.55. The van der Waals surface area contributed by atoms with Crippen LogP contribution in [0.3, 0.4) is 0 Å². The third-order valence-corrected chi connectivity index (χ3v) is 8.42. The average molecular weight is 614 g/mol.